The van der Waals surface area contributed by atoms with Gasteiger partial charge in [0.05, 0.1) is 5.52 Å². The van der Waals surface area contributed by atoms with Crippen molar-refractivity contribution >= 4 is 55.0 Å². The Morgan fingerprint density at radius 2 is 2.08 bits per heavy atom. The topological polar surface area (TPSA) is 52.0 Å². The van der Waals surface area contributed by atoms with Crippen LogP contribution in [0.5, 0.6) is 0 Å². The molecule has 0 bridgehead atoms. The Hall–Kier alpha value is -1.70. The number of thiophene rings is 1. The lowest BCUT2D eigenvalue weighted by Gasteiger charge is -2.09. The highest BCUT2D eigenvalue weighted by atomic mass is 79.9. The molecule has 0 N–H and O–H groups in total. The monoisotopic (exact) mass is 448 g/mol. The van der Waals surface area contributed by atoms with E-state index < -0.39 is 0 Å². The van der Waals surface area contributed by atoms with E-state index in [0.29, 0.717) is 22.8 Å². The third-order valence-corrected chi connectivity index (χ3v) is 6.27. The third kappa shape index (κ3) is 4.34. The van der Waals surface area contributed by atoms with Gasteiger partial charge in [-0.25, -0.2) is 4.98 Å². The fourth-order valence-corrected chi connectivity index (χ4v) is 4.49. The summed E-state index contributed by atoms with van der Waals surface area (Å²) < 4.78 is 3.27. The fraction of sp³-hybridized carbons (Fsp3) is 0.211. The third-order valence-electron chi connectivity index (χ3n) is 3.79. The van der Waals surface area contributed by atoms with Gasteiger partial charge in [0.25, 0.3) is 5.56 Å². The standard InChI is InChI=1S/C19H17BrN2O2S2/c1-2-10-22-18(24)17-15(9-12-25-17)21-19(22)26-11-3-4-16(23)13-5-7-14(20)8-6-13/h2,5-9,12H,1,3-4,10-11H2. The first-order valence-electron chi connectivity index (χ1n) is 8.10. The first-order chi connectivity index (χ1) is 12.6. The fourth-order valence-electron chi connectivity index (χ4n) is 2.50. The Bertz CT molecular complexity index is 993. The smallest absolute Gasteiger partial charge is 0.272 e. The van der Waals surface area contributed by atoms with Gasteiger partial charge in [0.1, 0.15) is 4.70 Å². The van der Waals surface area contributed by atoms with Gasteiger partial charge in [-0.3, -0.25) is 14.2 Å². The Morgan fingerprint density at radius 3 is 2.81 bits per heavy atom. The van der Waals surface area contributed by atoms with Crippen molar-refractivity contribution in [1.82, 2.24) is 9.55 Å². The number of rotatable bonds is 8. The highest BCUT2D eigenvalue weighted by Crippen LogP contribution is 2.22. The lowest BCUT2D eigenvalue weighted by molar-refractivity contribution is 0.0982. The van der Waals surface area contributed by atoms with Crippen molar-refractivity contribution in [3.63, 3.8) is 0 Å². The molecule has 26 heavy (non-hydrogen) atoms. The van der Waals surface area contributed by atoms with E-state index in [2.05, 4.69) is 27.5 Å². The van der Waals surface area contributed by atoms with Gasteiger partial charge in [-0.2, -0.15) is 0 Å². The van der Waals surface area contributed by atoms with Gasteiger partial charge in [-0.15, -0.1) is 17.9 Å². The van der Waals surface area contributed by atoms with Gasteiger partial charge in [0, 0.05) is 28.8 Å². The molecule has 0 unspecified atom stereocenters. The van der Waals surface area contributed by atoms with Crippen molar-refractivity contribution in [2.24, 2.45) is 0 Å². The number of allylic oxidation sites excluding steroid dienone is 1. The zero-order chi connectivity index (χ0) is 18.5. The number of aromatic nitrogens is 2. The van der Waals surface area contributed by atoms with E-state index in [4.69, 9.17) is 0 Å². The molecule has 3 rings (SSSR count). The van der Waals surface area contributed by atoms with Crippen LogP contribution in [0.4, 0.5) is 0 Å². The van der Waals surface area contributed by atoms with Crippen LogP contribution in [0.25, 0.3) is 10.2 Å². The number of carbonyl (C=O) groups excluding carboxylic acids is 1. The lowest BCUT2D eigenvalue weighted by atomic mass is 10.1. The van der Waals surface area contributed by atoms with Crippen LogP contribution in [0.1, 0.15) is 23.2 Å². The van der Waals surface area contributed by atoms with Gasteiger partial charge in [-0.05, 0) is 30.0 Å². The molecule has 0 radical (unpaired) electrons. The molecule has 7 heteroatoms. The predicted molar refractivity (Wildman–Crippen MR) is 113 cm³/mol. The summed E-state index contributed by atoms with van der Waals surface area (Å²) in [6.45, 7) is 4.15. The Labute approximate surface area is 168 Å². The van der Waals surface area contributed by atoms with Crippen molar-refractivity contribution in [2.75, 3.05) is 5.75 Å². The number of nitrogens with zero attached hydrogens (tertiary/aromatic N) is 2. The SMILES string of the molecule is C=CCn1c(SCCCC(=O)c2ccc(Br)cc2)nc2ccsc2c1=O. The summed E-state index contributed by atoms with van der Waals surface area (Å²) in [5.74, 6) is 0.851. The molecule has 0 spiro atoms. The minimum absolute atomic E-state index is 0.0293. The molecule has 2 aromatic heterocycles. The summed E-state index contributed by atoms with van der Waals surface area (Å²) in [7, 11) is 0. The molecular weight excluding hydrogens is 432 g/mol. The first-order valence-corrected chi connectivity index (χ1v) is 10.8. The van der Waals surface area contributed by atoms with Crippen LogP contribution in [0, 0.1) is 0 Å². The van der Waals surface area contributed by atoms with E-state index in [1.54, 1.807) is 10.6 Å². The average Bonchev–Trinajstić information content (AvgIpc) is 3.11. The molecule has 0 aliphatic rings. The van der Waals surface area contributed by atoms with Gasteiger partial charge < -0.3 is 0 Å². The Kier molecular flexibility index (Phi) is 6.45. The van der Waals surface area contributed by atoms with E-state index in [1.807, 2.05) is 35.7 Å². The van der Waals surface area contributed by atoms with E-state index in [0.717, 1.165) is 27.7 Å². The van der Waals surface area contributed by atoms with Gasteiger partial charge in [0.2, 0.25) is 0 Å². The van der Waals surface area contributed by atoms with Crippen LogP contribution < -0.4 is 5.56 Å². The summed E-state index contributed by atoms with van der Waals surface area (Å²) in [5.41, 5.74) is 1.42. The van der Waals surface area contributed by atoms with E-state index in [1.165, 1.54) is 23.1 Å². The van der Waals surface area contributed by atoms with Crippen LogP contribution in [-0.4, -0.2) is 21.1 Å². The Morgan fingerprint density at radius 1 is 1.31 bits per heavy atom. The second-order valence-electron chi connectivity index (χ2n) is 5.62. The van der Waals surface area contributed by atoms with Crippen LogP contribution >= 0.6 is 39.0 Å². The number of fused-ring (bicyclic) bond motifs is 1. The van der Waals surface area contributed by atoms with Crippen LogP contribution in [0.3, 0.4) is 0 Å². The second kappa shape index (κ2) is 8.79. The van der Waals surface area contributed by atoms with Crippen LogP contribution in [-0.2, 0) is 6.54 Å². The second-order valence-corrected chi connectivity index (χ2v) is 8.51. The van der Waals surface area contributed by atoms with Crippen molar-refractivity contribution in [3.05, 3.63) is 68.8 Å². The molecular formula is C19H17BrN2O2S2. The molecule has 0 aliphatic heterocycles. The number of ketones is 1. The number of Topliss-reactive ketones (excluding diaryl/α,β-unsaturated/α-hetero) is 1. The minimum Gasteiger partial charge on any atom is -0.294 e. The summed E-state index contributed by atoms with van der Waals surface area (Å²) >= 11 is 6.28. The summed E-state index contributed by atoms with van der Waals surface area (Å²) in [6, 6.07) is 9.26. The largest absolute Gasteiger partial charge is 0.294 e. The molecule has 1 aromatic carbocycles. The maximum atomic E-state index is 12.6. The maximum Gasteiger partial charge on any atom is 0.272 e. The number of benzene rings is 1. The van der Waals surface area contributed by atoms with Crippen molar-refractivity contribution < 1.29 is 4.79 Å². The average molecular weight is 449 g/mol. The molecule has 0 fully saturated rings. The zero-order valence-corrected chi connectivity index (χ0v) is 17.2. The minimum atomic E-state index is -0.0293. The molecule has 0 atom stereocenters. The molecule has 4 nitrogen and oxygen atoms in total. The lowest BCUT2D eigenvalue weighted by Crippen LogP contribution is -2.22. The molecule has 0 saturated heterocycles. The van der Waals surface area contributed by atoms with Crippen molar-refractivity contribution in [3.8, 4) is 0 Å². The summed E-state index contributed by atoms with van der Waals surface area (Å²) in [6.07, 6.45) is 2.90. The first kappa shape index (κ1) is 19.1. The number of thioether (sulfide) groups is 1. The predicted octanol–water partition coefficient (Wildman–Crippen LogP) is 5.16. The van der Waals surface area contributed by atoms with Gasteiger partial charge >= 0.3 is 0 Å². The maximum absolute atomic E-state index is 12.6. The Balaban J connectivity index is 1.65. The summed E-state index contributed by atoms with van der Waals surface area (Å²) in [4.78, 5) is 29.4. The molecule has 0 aliphatic carbocycles. The number of hydrogen-bond acceptors (Lipinski definition) is 5. The van der Waals surface area contributed by atoms with Crippen LogP contribution in [0.15, 0.2) is 62.8 Å². The molecule has 3 aromatic rings. The molecule has 134 valence electrons. The highest BCUT2D eigenvalue weighted by molar-refractivity contribution is 9.10. The highest BCUT2D eigenvalue weighted by Gasteiger charge is 2.12. The van der Waals surface area contributed by atoms with E-state index >= 15 is 0 Å². The number of carbonyl (C=O) groups is 1. The molecule has 0 saturated carbocycles. The normalized spacial score (nSPS) is 11.0. The summed E-state index contributed by atoms with van der Waals surface area (Å²) in [5, 5.41) is 2.56. The zero-order valence-electron chi connectivity index (χ0n) is 14.0. The van der Waals surface area contributed by atoms with Gasteiger partial charge in [-0.1, -0.05) is 45.9 Å². The number of hydrogen-bond donors (Lipinski definition) is 0. The number of halogens is 1. The van der Waals surface area contributed by atoms with E-state index in [-0.39, 0.29) is 11.3 Å². The molecule has 0 amide bonds. The van der Waals surface area contributed by atoms with Crippen molar-refractivity contribution in [2.45, 2.75) is 24.5 Å². The molecule has 2 heterocycles. The quantitative estimate of drug-likeness (QED) is 0.157. The van der Waals surface area contributed by atoms with E-state index in [9.17, 15) is 9.59 Å². The van der Waals surface area contributed by atoms with Crippen molar-refractivity contribution in [1.29, 1.82) is 0 Å². The van der Waals surface area contributed by atoms with Gasteiger partial charge in [0.15, 0.2) is 10.9 Å². The van der Waals surface area contributed by atoms with Crippen LogP contribution in [0.2, 0.25) is 0 Å².